The van der Waals surface area contributed by atoms with Gasteiger partial charge in [-0.2, -0.15) is 0 Å². The number of guanidine groups is 1. The fourth-order valence-corrected chi connectivity index (χ4v) is 1.86. The van der Waals surface area contributed by atoms with Crippen molar-refractivity contribution in [2.24, 2.45) is 4.99 Å². The molecule has 1 aliphatic rings. The average Bonchev–Trinajstić information content (AvgIpc) is 2.45. The first kappa shape index (κ1) is 15.5. The Hall–Kier alpha value is -0.530. The van der Waals surface area contributed by atoms with Crippen molar-refractivity contribution in [3.63, 3.8) is 0 Å². The van der Waals surface area contributed by atoms with E-state index in [-0.39, 0.29) is 29.9 Å². The minimum absolute atomic E-state index is 0. The molecule has 16 heavy (non-hydrogen) atoms. The lowest BCUT2D eigenvalue weighted by atomic mass is 10.4. The molecular weight excluding hydrogens is 319 g/mol. The fraction of sp³-hybridized carbons (Fsp3) is 0.800. The molecule has 1 rings (SSSR count). The molecule has 0 aromatic heterocycles. The summed E-state index contributed by atoms with van der Waals surface area (Å²) in [7, 11) is 3.65. The van der Waals surface area contributed by atoms with Crippen LogP contribution in [0.2, 0.25) is 0 Å². The highest BCUT2D eigenvalue weighted by Crippen LogP contribution is 2.03. The molecule has 1 N–H and O–H groups in total. The second-order valence-corrected chi connectivity index (χ2v) is 3.64. The quantitative estimate of drug-likeness (QED) is 0.394. The molecular formula is C10H21IN4O. The van der Waals surface area contributed by atoms with Gasteiger partial charge < -0.3 is 15.1 Å². The smallest absolute Gasteiger partial charge is 0.219 e. The Labute approximate surface area is 114 Å². The van der Waals surface area contributed by atoms with Crippen LogP contribution in [-0.2, 0) is 4.79 Å². The van der Waals surface area contributed by atoms with Crippen molar-refractivity contribution in [3.05, 3.63) is 0 Å². The number of hydrogen-bond acceptors (Lipinski definition) is 2. The van der Waals surface area contributed by atoms with Crippen LogP contribution in [0.15, 0.2) is 4.99 Å². The predicted octanol–water partition coefficient (Wildman–Crippen LogP) is 0.364. The summed E-state index contributed by atoms with van der Waals surface area (Å²) in [5, 5.41) is 3.07. The molecule has 0 aliphatic carbocycles. The summed E-state index contributed by atoms with van der Waals surface area (Å²) >= 11 is 0. The number of carbonyl (C=O) groups excluding carboxylic acids is 1. The van der Waals surface area contributed by atoms with E-state index < -0.39 is 0 Å². The van der Waals surface area contributed by atoms with E-state index in [1.54, 1.807) is 14.0 Å². The average molecular weight is 340 g/mol. The second-order valence-electron chi connectivity index (χ2n) is 3.64. The van der Waals surface area contributed by atoms with Crippen LogP contribution in [0.25, 0.3) is 0 Å². The Bertz CT molecular complexity index is 257. The standard InChI is InChI=1S/C10H20N4O.HI/c1-9(15)13-5-4-6-14(8-7-13)10(11-2)12-3;/h4-8H2,1-3H3,(H,11,12);1H. The molecule has 0 aromatic carbocycles. The van der Waals surface area contributed by atoms with Crippen LogP contribution in [0.3, 0.4) is 0 Å². The van der Waals surface area contributed by atoms with E-state index in [0.717, 1.165) is 38.6 Å². The summed E-state index contributed by atoms with van der Waals surface area (Å²) < 4.78 is 0. The first-order valence-electron chi connectivity index (χ1n) is 5.34. The van der Waals surface area contributed by atoms with Crippen LogP contribution in [0.1, 0.15) is 13.3 Å². The highest BCUT2D eigenvalue weighted by atomic mass is 127. The molecule has 0 unspecified atom stereocenters. The number of hydrogen-bond donors (Lipinski definition) is 1. The zero-order chi connectivity index (χ0) is 11.3. The van der Waals surface area contributed by atoms with Gasteiger partial charge in [-0.25, -0.2) is 0 Å². The van der Waals surface area contributed by atoms with Gasteiger partial charge in [0.25, 0.3) is 0 Å². The number of rotatable bonds is 0. The highest BCUT2D eigenvalue weighted by molar-refractivity contribution is 14.0. The van der Waals surface area contributed by atoms with Crippen LogP contribution >= 0.6 is 24.0 Å². The molecule has 1 fully saturated rings. The third-order valence-corrected chi connectivity index (χ3v) is 2.68. The molecule has 5 nitrogen and oxygen atoms in total. The fourth-order valence-electron chi connectivity index (χ4n) is 1.86. The molecule has 0 atom stereocenters. The van der Waals surface area contributed by atoms with Crippen LogP contribution < -0.4 is 5.32 Å². The first-order chi connectivity index (χ1) is 7.19. The monoisotopic (exact) mass is 340 g/mol. The van der Waals surface area contributed by atoms with E-state index >= 15 is 0 Å². The number of nitrogens with zero attached hydrogens (tertiary/aromatic N) is 3. The van der Waals surface area contributed by atoms with Crippen molar-refractivity contribution >= 4 is 35.8 Å². The predicted molar refractivity (Wildman–Crippen MR) is 76.3 cm³/mol. The van der Waals surface area contributed by atoms with Gasteiger partial charge in [0.05, 0.1) is 0 Å². The molecule has 0 spiro atoms. The van der Waals surface area contributed by atoms with Gasteiger partial charge in [-0.05, 0) is 6.42 Å². The Morgan fingerprint density at radius 1 is 1.19 bits per heavy atom. The topological polar surface area (TPSA) is 47.9 Å². The number of carbonyl (C=O) groups is 1. The zero-order valence-electron chi connectivity index (χ0n) is 10.2. The summed E-state index contributed by atoms with van der Waals surface area (Å²) in [6, 6.07) is 0. The lowest BCUT2D eigenvalue weighted by molar-refractivity contribution is -0.128. The summed E-state index contributed by atoms with van der Waals surface area (Å²) in [6.07, 6.45) is 1.00. The lowest BCUT2D eigenvalue weighted by Crippen LogP contribution is -2.42. The molecule has 1 aliphatic heterocycles. The Balaban J connectivity index is 0.00000225. The number of aliphatic imine (C=N–C) groups is 1. The Kier molecular flexibility index (Phi) is 7.44. The van der Waals surface area contributed by atoms with Gasteiger partial charge in [-0.3, -0.25) is 9.79 Å². The van der Waals surface area contributed by atoms with Gasteiger partial charge in [0.2, 0.25) is 5.91 Å². The minimum atomic E-state index is 0. The van der Waals surface area contributed by atoms with Crippen LogP contribution in [-0.4, -0.2) is 61.9 Å². The highest BCUT2D eigenvalue weighted by Gasteiger charge is 2.17. The summed E-state index contributed by atoms with van der Waals surface area (Å²) in [4.78, 5) is 19.5. The van der Waals surface area contributed by atoms with E-state index in [4.69, 9.17) is 0 Å². The van der Waals surface area contributed by atoms with Crippen molar-refractivity contribution in [1.29, 1.82) is 0 Å². The van der Waals surface area contributed by atoms with E-state index in [9.17, 15) is 4.79 Å². The Morgan fingerprint density at radius 3 is 2.25 bits per heavy atom. The van der Waals surface area contributed by atoms with Crippen LogP contribution in [0, 0.1) is 0 Å². The van der Waals surface area contributed by atoms with Gasteiger partial charge in [-0.1, -0.05) is 0 Å². The molecule has 1 amide bonds. The minimum Gasteiger partial charge on any atom is -0.359 e. The Morgan fingerprint density at radius 2 is 1.75 bits per heavy atom. The van der Waals surface area contributed by atoms with E-state index in [1.807, 2.05) is 11.9 Å². The van der Waals surface area contributed by atoms with Crippen molar-refractivity contribution in [1.82, 2.24) is 15.1 Å². The molecule has 0 radical (unpaired) electrons. The number of nitrogens with one attached hydrogen (secondary N) is 1. The molecule has 1 saturated heterocycles. The maximum Gasteiger partial charge on any atom is 0.219 e. The normalized spacial score (nSPS) is 17.6. The molecule has 94 valence electrons. The van der Waals surface area contributed by atoms with Gasteiger partial charge in [0.15, 0.2) is 5.96 Å². The summed E-state index contributed by atoms with van der Waals surface area (Å²) in [5.74, 6) is 1.07. The van der Waals surface area contributed by atoms with Gasteiger partial charge in [-0.15, -0.1) is 24.0 Å². The maximum absolute atomic E-state index is 11.2. The third kappa shape index (κ3) is 4.15. The van der Waals surface area contributed by atoms with E-state index in [0.29, 0.717) is 0 Å². The summed E-state index contributed by atoms with van der Waals surface area (Å²) in [6.45, 7) is 5.08. The van der Waals surface area contributed by atoms with Gasteiger partial charge in [0, 0.05) is 47.2 Å². The van der Waals surface area contributed by atoms with Crippen molar-refractivity contribution in [2.75, 3.05) is 40.3 Å². The maximum atomic E-state index is 11.2. The van der Waals surface area contributed by atoms with E-state index in [2.05, 4.69) is 15.2 Å². The second kappa shape index (κ2) is 7.70. The van der Waals surface area contributed by atoms with Crippen LogP contribution in [0.4, 0.5) is 0 Å². The number of halogens is 1. The van der Waals surface area contributed by atoms with Crippen LogP contribution in [0.5, 0.6) is 0 Å². The molecule has 0 aromatic rings. The largest absolute Gasteiger partial charge is 0.359 e. The molecule has 0 bridgehead atoms. The first-order valence-corrected chi connectivity index (χ1v) is 5.34. The van der Waals surface area contributed by atoms with Crippen molar-refractivity contribution in [3.8, 4) is 0 Å². The van der Waals surface area contributed by atoms with Gasteiger partial charge >= 0.3 is 0 Å². The lowest BCUT2D eigenvalue weighted by Gasteiger charge is -2.23. The number of amides is 1. The van der Waals surface area contributed by atoms with Crippen molar-refractivity contribution in [2.45, 2.75) is 13.3 Å². The molecule has 0 saturated carbocycles. The van der Waals surface area contributed by atoms with E-state index in [1.165, 1.54) is 0 Å². The summed E-state index contributed by atoms with van der Waals surface area (Å²) in [5.41, 5.74) is 0. The van der Waals surface area contributed by atoms with Gasteiger partial charge in [0.1, 0.15) is 0 Å². The molecule has 6 heteroatoms. The third-order valence-electron chi connectivity index (χ3n) is 2.68. The van der Waals surface area contributed by atoms with Crippen molar-refractivity contribution < 1.29 is 4.79 Å². The SMILES string of the molecule is CN=C(NC)N1CCCN(C(C)=O)CC1.I. The molecule has 1 heterocycles. The zero-order valence-corrected chi connectivity index (χ0v) is 12.5.